The molecule has 1 aromatic rings. The van der Waals surface area contributed by atoms with Crippen LogP contribution in [0.3, 0.4) is 0 Å². The Bertz CT molecular complexity index is 403. The van der Waals surface area contributed by atoms with Crippen LogP contribution in [0.2, 0.25) is 0 Å². The van der Waals surface area contributed by atoms with Gasteiger partial charge in [0, 0.05) is 23.8 Å². The molecule has 2 aliphatic rings. The van der Waals surface area contributed by atoms with Gasteiger partial charge >= 0.3 is 0 Å². The van der Waals surface area contributed by atoms with E-state index in [0.29, 0.717) is 0 Å². The molecule has 3 nitrogen and oxygen atoms in total. The number of nitrogens with two attached hydrogens (primary N) is 1. The fourth-order valence-electron chi connectivity index (χ4n) is 3.40. The van der Waals surface area contributed by atoms with Crippen LogP contribution < -0.4 is 15.4 Å². The molecule has 3 rings (SSSR count). The first-order valence-electron chi connectivity index (χ1n) is 6.51. The molecule has 0 aromatic heterocycles. The molecule has 17 heavy (non-hydrogen) atoms. The topological polar surface area (TPSA) is 38.5 Å². The number of hydrogen-bond acceptors (Lipinski definition) is 3. The smallest absolute Gasteiger partial charge is 0.143 e. The van der Waals surface area contributed by atoms with Crippen LogP contribution in [0.4, 0.5) is 11.4 Å². The summed E-state index contributed by atoms with van der Waals surface area (Å²) in [6.07, 6.45) is 6.75. The molecule has 2 atom stereocenters. The van der Waals surface area contributed by atoms with Gasteiger partial charge < -0.3 is 15.4 Å². The van der Waals surface area contributed by atoms with Gasteiger partial charge in [0.15, 0.2) is 0 Å². The van der Waals surface area contributed by atoms with Crippen LogP contribution in [0.1, 0.15) is 32.1 Å². The summed E-state index contributed by atoms with van der Waals surface area (Å²) in [6, 6.07) is 7.66. The maximum absolute atomic E-state index is 5.87. The van der Waals surface area contributed by atoms with Crippen molar-refractivity contribution >= 4 is 11.4 Å². The largest absolute Gasteiger partial charge is 0.495 e. The van der Waals surface area contributed by atoms with E-state index < -0.39 is 0 Å². The van der Waals surface area contributed by atoms with Crippen LogP contribution in [-0.4, -0.2) is 19.2 Å². The SMILES string of the molecule is COc1cc(N2C3CCCC2CC3)ccc1N. The third-order valence-corrected chi connectivity index (χ3v) is 4.21. The van der Waals surface area contributed by atoms with Crippen molar-refractivity contribution in [1.29, 1.82) is 0 Å². The zero-order valence-electron chi connectivity index (χ0n) is 10.4. The van der Waals surface area contributed by atoms with E-state index in [0.717, 1.165) is 23.5 Å². The average Bonchev–Trinajstić information content (AvgIpc) is 2.60. The summed E-state index contributed by atoms with van der Waals surface area (Å²) in [5, 5.41) is 0. The normalized spacial score (nSPS) is 27.2. The predicted octanol–water partition coefficient (Wildman–Crippen LogP) is 2.80. The first-order valence-corrected chi connectivity index (χ1v) is 6.51. The standard InChI is InChI=1S/C14H20N2O/c1-17-14-9-12(7-8-13(14)15)16-10-3-2-4-11(16)6-5-10/h7-11H,2-6,15H2,1H3. The Labute approximate surface area is 103 Å². The molecule has 0 spiro atoms. The molecule has 2 aliphatic heterocycles. The summed E-state index contributed by atoms with van der Waals surface area (Å²) >= 11 is 0. The highest BCUT2D eigenvalue weighted by Crippen LogP contribution is 2.40. The minimum atomic E-state index is 0.723. The molecule has 2 fully saturated rings. The third-order valence-electron chi connectivity index (χ3n) is 4.21. The van der Waals surface area contributed by atoms with Crippen LogP contribution in [0.25, 0.3) is 0 Å². The van der Waals surface area contributed by atoms with Gasteiger partial charge in [-0.2, -0.15) is 0 Å². The molecule has 0 amide bonds. The van der Waals surface area contributed by atoms with E-state index in [4.69, 9.17) is 10.5 Å². The van der Waals surface area contributed by atoms with Crippen LogP contribution in [-0.2, 0) is 0 Å². The Balaban J connectivity index is 1.93. The minimum absolute atomic E-state index is 0.723. The van der Waals surface area contributed by atoms with Crippen molar-refractivity contribution in [3.05, 3.63) is 18.2 Å². The number of ether oxygens (including phenoxy) is 1. The molecule has 0 saturated carbocycles. The summed E-state index contributed by atoms with van der Waals surface area (Å²) in [6.45, 7) is 0. The van der Waals surface area contributed by atoms with Crippen molar-refractivity contribution in [3.63, 3.8) is 0 Å². The van der Waals surface area contributed by atoms with Crippen LogP contribution in [0.5, 0.6) is 5.75 Å². The summed E-state index contributed by atoms with van der Waals surface area (Å²) in [5.41, 5.74) is 7.87. The lowest BCUT2D eigenvalue weighted by Crippen LogP contribution is -2.39. The molecule has 2 unspecified atom stereocenters. The number of hydrogen-bond donors (Lipinski definition) is 1. The van der Waals surface area contributed by atoms with E-state index >= 15 is 0 Å². The number of piperidine rings is 1. The summed E-state index contributed by atoms with van der Waals surface area (Å²) in [5.74, 6) is 0.799. The van der Waals surface area contributed by atoms with E-state index in [9.17, 15) is 0 Å². The van der Waals surface area contributed by atoms with Crippen LogP contribution in [0.15, 0.2) is 18.2 Å². The molecule has 0 aliphatic carbocycles. The molecule has 2 saturated heterocycles. The van der Waals surface area contributed by atoms with Crippen LogP contribution >= 0.6 is 0 Å². The Hall–Kier alpha value is -1.38. The Morgan fingerprint density at radius 2 is 1.88 bits per heavy atom. The maximum Gasteiger partial charge on any atom is 0.143 e. The van der Waals surface area contributed by atoms with Crippen molar-refractivity contribution in [2.75, 3.05) is 17.7 Å². The minimum Gasteiger partial charge on any atom is -0.495 e. The Morgan fingerprint density at radius 3 is 2.53 bits per heavy atom. The number of methoxy groups -OCH3 is 1. The van der Waals surface area contributed by atoms with E-state index in [2.05, 4.69) is 17.0 Å². The van der Waals surface area contributed by atoms with Crippen LogP contribution in [0, 0.1) is 0 Å². The third kappa shape index (κ3) is 1.74. The lowest BCUT2D eigenvalue weighted by Gasteiger charge is -2.37. The lowest BCUT2D eigenvalue weighted by atomic mass is 10.0. The second kappa shape index (κ2) is 4.13. The molecule has 2 N–H and O–H groups in total. The van der Waals surface area contributed by atoms with E-state index in [1.165, 1.54) is 37.8 Å². The number of benzene rings is 1. The number of anilines is 2. The Kier molecular flexibility index (Phi) is 2.61. The van der Waals surface area contributed by atoms with E-state index in [1.54, 1.807) is 7.11 Å². The van der Waals surface area contributed by atoms with Gasteiger partial charge in [0.05, 0.1) is 12.8 Å². The van der Waals surface area contributed by atoms with Gasteiger partial charge in [-0.25, -0.2) is 0 Å². The zero-order chi connectivity index (χ0) is 11.8. The molecule has 1 aromatic carbocycles. The van der Waals surface area contributed by atoms with Gasteiger partial charge in [0.25, 0.3) is 0 Å². The van der Waals surface area contributed by atoms with Gasteiger partial charge in [0.1, 0.15) is 5.75 Å². The van der Waals surface area contributed by atoms with Gasteiger partial charge in [-0.3, -0.25) is 0 Å². The lowest BCUT2D eigenvalue weighted by molar-refractivity contribution is 0.415. The second-order valence-corrected chi connectivity index (χ2v) is 5.15. The number of fused-ring (bicyclic) bond motifs is 2. The fourth-order valence-corrected chi connectivity index (χ4v) is 3.40. The molecular formula is C14H20N2O. The molecule has 92 valence electrons. The quantitative estimate of drug-likeness (QED) is 0.797. The maximum atomic E-state index is 5.87. The molecule has 0 radical (unpaired) electrons. The highest BCUT2D eigenvalue weighted by atomic mass is 16.5. The zero-order valence-corrected chi connectivity index (χ0v) is 10.4. The van der Waals surface area contributed by atoms with Crippen molar-refractivity contribution in [1.82, 2.24) is 0 Å². The van der Waals surface area contributed by atoms with Gasteiger partial charge in [-0.1, -0.05) is 0 Å². The van der Waals surface area contributed by atoms with Gasteiger partial charge in [-0.15, -0.1) is 0 Å². The highest BCUT2D eigenvalue weighted by Gasteiger charge is 2.36. The molecular weight excluding hydrogens is 212 g/mol. The first kappa shape index (κ1) is 10.8. The van der Waals surface area contributed by atoms with Gasteiger partial charge in [0.2, 0.25) is 0 Å². The van der Waals surface area contributed by atoms with Crippen molar-refractivity contribution in [3.8, 4) is 5.75 Å². The number of nitrogen functional groups attached to an aromatic ring is 1. The first-order chi connectivity index (χ1) is 8.29. The van der Waals surface area contributed by atoms with Crippen molar-refractivity contribution in [2.24, 2.45) is 0 Å². The van der Waals surface area contributed by atoms with Crippen molar-refractivity contribution in [2.45, 2.75) is 44.2 Å². The Morgan fingerprint density at radius 1 is 1.18 bits per heavy atom. The summed E-state index contributed by atoms with van der Waals surface area (Å²) < 4.78 is 5.32. The summed E-state index contributed by atoms with van der Waals surface area (Å²) in [7, 11) is 1.68. The molecule has 2 bridgehead atoms. The van der Waals surface area contributed by atoms with Crippen molar-refractivity contribution < 1.29 is 4.74 Å². The fraction of sp³-hybridized carbons (Fsp3) is 0.571. The molecule has 2 heterocycles. The number of nitrogens with zero attached hydrogens (tertiary/aromatic N) is 1. The van der Waals surface area contributed by atoms with Gasteiger partial charge in [-0.05, 0) is 44.2 Å². The molecule has 3 heteroatoms. The number of rotatable bonds is 2. The summed E-state index contributed by atoms with van der Waals surface area (Å²) in [4.78, 5) is 2.59. The van der Waals surface area contributed by atoms with E-state index in [-0.39, 0.29) is 0 Å². The monoisotopic (exact) mass is 232 g/mol. The second-order valence-electron chi connectivity index (χ2n) is 5.15. The predicted molar refractivity (Wildman–Crippen MR) is 70.5 cm³/mol. The highest BCUT2D eigenvalue weighted by molar-refractivity contribution is 5.63. The van der Waals surface area contributed by atoms with E-state index in [1.807, 2.05) is 6.07 Å². The average molecular weight is 232 g/mol.